The quantitative estimate of drug-likeness (QED) is 0.179. The zero-order valence-corrected chi connectivity index (χ0v) is 27.7. The standard InChI is InChI=1S/C45H32N6/c1-4-16-34(17-5-1)49-40-25-13-10-22-37(40)46-43(49)31-28-32(44-47-38-23-11-14-26-41(38)50(44)35-18-6-2-7-19-35)30-33(29-31)45-48-39-24-12-15-27-42(39)51(45)36-20-8-3-9-21-36/h1-30,37,40H. The Morgan fingerprint density at radius 2 is 0.882 bits per heavy atom. The number of rotatable bonds is 6. The number of anilines is 1. The summed E-state index contributed by atoms with van der Waals surface area (Å²) < 4.78 is 4.52. The Bertz CT molecular complexity index is 2510. The molecule has 6 heteroatoms. The Labute approximate surface area is 295 Å². The van der Waals surface area contributed by atoms with E-state index in [1.165, 1.54) is 0 Å². The highest BCUT2D eigenvalue weighted by Crippen LogP contribution is 2.38. The van der Waals surface area contributed by atoms with Gasteiger partial charge in [0.15, 0.2) is 0 Å². The molecule has 0 saturated carbocycles. The van der Waals surface area contributed by atoms with Crippen LogP contribution in [0.3, 0.4) is 0 Å². The van der Waals surface area contributed by atoms with Crippen molar-refractivity contribution in [1.29, 1.82) is 0 Å². The lowest BCUT2D eigenvalue weighted by molar-refractivity contribution is 0.739. The highest BCUT2D eigenvalue weighted by atomic mass is 15.3. The van der Waals surface area contributed by atoms with Crippen molar-refractivity contribution >= 4 is 33.6 Å². The maximum atomic E-state index is 5.40. The molecular weight excluding hydrogens is 625 g/mol. The third-order valence-electron chi connectivity index (χ3n) is 9.77. The molecule has 3 heterocycles. The van der Waals surface area contributed by atoms with Crippen LogP contribution in [0.4, 0.5) is 5.69 Å². The van der Waals surface area contributed by atoms with Crippen molar-refractivity contribution in [2.24, 2.45) is 4.99 Å². The van der Waals surface area contributed by atoms with Crippen LogP contribution in [0.5, 0.6) is 0 Å². The Balaban J connectivity index is 1.27. The Morgan fingerprint density at radius 1 is 0.431 bits per heavy atom. The number of aliphatic imine (C=N–C) groups is 1. The van der Waals surface area contributed by atoms with E-state index in [1.54, 1.807) is 0 Å². The van der Waals surface area contributed by atoms with Crippen molar-refractivity contribution in [3.63, 3.8) is 0 Å². The molecule has 0 bridgehead atoms. The zero-order chi connectivity index (χ0) is 33.7. The SMILES string of the molecule is C1=CC2N=C(c3cc(-c4nc5ccccc5n4-c4ccccc4)cc(-c4nc5ccccc5n4-c4ccccc4)c3)N(c3ccccc3)C2C=C1. The van der Waals surface area contributed by atoms with E-state index in [9.17, 15) is 0 Å². The molecule has 0 N–H and O–H groups in total. The lowest BCUT2D eigenvalue weighted by atomic mass is 10.0. The van der Waals surface area contributed by atoms with Gasteiger partial charge in [0.05, 0.1) is 34.2 Å². The van der Waals surface area contributed by atoms with Crippen molar-refractivity contribution in [3.8, 4) is 34.2 Å². The lowest BCUT2D eigenvalue weighted by Gasteiger charge is -2.29. The van der Waals surface area contributed by atoms with Crippen LogP contribution in [0.25, 0.3) is 56.2 Å². The smallest absolute Gasteiger partial charge is 0.145 e. The third-order valence-corrected chi connectivity index (χ3v) is 9.77. The van der Waals surface area contributed by atoms with Crippen molar-refractivity contribution in [2.75, 3.05) is 4.90 Å². The number of benzene rings is 6. The summed E-state index contributed by atoms with van der Waals surface area (Å²) in [6, 6.07) is 55.0. The first kappa shape index (κ1) is 29.2. The first-order valence-electron chi connectivity index (χ1n) is 17.3. The summed E-state index contributed by atoms with van der Waals surface area (Å²) in [7, 11) is 0. The third kappa shape index (κ3) is 4.91. The number of imidazole rings is 2. The minimum absolute atomic E-state index is 0.0000911. The predicted octanol–water partition coefficient (Wildman–Crippen LogP) is 9.83. The maximum absolute atomic E-state index is 5.40. The molecule has 2 aromatic heterocycles. The fourth-order valence-corrected chi connectivity index (χ4v) is 7.51. The van der Waals surface area contributed by atoms with Crippen LogP contribution in [-0.4, -0.2) is 37.0 Å². The Kier molecular flexibility index (Phi) is 6.84. The van der Waals surface area contributed by atoms with Crippen LogP contribution in [0.15, 0.2) is 187 Å². The minimum atomic E-state index is 0.0000911. The molecule has 2 unspecified atom stereocenters. The van der Waals surface area contributed by atoms with E-state index in [0.717, 1.165) is 73.3 Å². The molecule has 242 valence electrons. The summed E-state index contributed by atoms with van der Waals surface area (Å²) >= 11 is 0. The van der Waals surface area contributed by atoms with E-state index in [1.807, 2.05) is 24.3 Å². The molecule has 2 atom stereocenters. The molecule has 8 aromatic rings. The van der Waals surface area contributed by atoms with Gasteiger partial charge in [0, 0.05) is 33.8 Å². The van der Waals surface area contributed by atoms with E-state index in [4.69, 9.17) is 15.0 Å². The number of hydrogen-bond acceptors (Lipinski definition) is 4. The van der Waals surface area contributed by atoms with Gasteiger partial charge in [0.25, 0.3) is 0 Å². The molecule has 0 spiro atoms. The molecule has 6 nitrogen and oxygen atoms in total. The van der Waals surface area contributed by atoms with Gasteiger partial charge in [-0.1, -0.05) is 103 Å². The van der Waals surface area contributed by atoms with E-state index >= 15 is 0 Å². The summed E-state index contributed by atoms with van der Waals surface area (Å²) in [4.78, 5) is 18.4. The van der Waals surface area contributed by atoms with Gasteiger partial charge in [-0.2, -0.15) is 0 Å². The van der Waals surface area contributed by atoms with Gasteiger partial charge < -0.3 is 4.90 Å². The number of allylic oxidation sites excluding steroid dienone is 2. The molecule has 0 amide bonds. The lowest BCUT2D eigenvalue weighted by Crippen LogP contribution is -2.39. The van der Waals surface area contributed by atoms with Gasteiger partial charge >= 0.3 is 0 Å². The highest BCUT2D eigenvalue weighted by molar-refractivity contribution is 6.13. The average Bonchev–Trinajstić information content (AvgIpc) is 3.91. The summed E-state index contributed by atoms with van der Waals surface area (Å²) in [5, 5.41) is 0. The Hall–Kier alpha value is -6.79. The van der Waals surface area contributed by atoms with Crippen LogP contribution in [-0.2, 0) is 0 Å². The normalized spacial score (nSPS) is 16.5. The van der Waals surface area contributed by atoms with E-state index in [-0.39, 0.29) is 12.1 Å². The average molecular weight is 657 g/mol. The summed E-state index contributed by atoms with van der Waals surface area (Å²) in [5.74, 6) is 2.63. The van der Waals surface area contributed by atoms with Gasteiger partial charge in [-0.15, -0.1) is 0 Å². The number of aromatic nitrogens is 4. The van der Waals surface area contributed by atoms with E-state index in [2.05, 4.69) is 172 Å². The van der Waals surface area contributed by atoms with E-state index in [0.29, 0.717) is 0 Å². The first-order valence-corrected chi connectivity index (χ1v) is 17.3. The second-order valence-electron chi connectivity index (χ2n) is 12.9. The Morgan fingerprint density at radius 3 is 1.43 bits per heavy atom. The number of hydrogen-bond donors (Lipinski definition) is 0. The minimum Gasteiger partial charge on any atom is -0.317 e. The number of para-hydroxylation sites is 7. The van der Waals surface area contributed by atoms with Gasteiger partial charge in [0.2, 0.25) is 0 Å². The molecule has 0 radical (unpaired) electrons. The zero-order valence-electron chi connectivity index (χ0n) is 27.7. The van der Waals surface area contributed by atoms with Crippen LogP contribution in [0.2, 0.25) is 0 Å². The summed E-state index contributed by atoms with van der Waals surface area (Å²) in [5.41, 5.74) is 10.1. The van der Waals surface area contributed by atoms with Gasteiger partial charge in [0.1, 0.15) is 17.5 Å². The van der Waals surface area contributed by atoms with Crippen molar-refractivity contribution < 1.29 is 0 Å². The van der Waals surface area contributed by atoms with Crippen molar-refractivity contribution in [2.45, 2.75) is 12.1 Å². The number of nitrogens with zero attached hydrogens (tertiary/aromatic N) is 6. The van der Waals surface area contributed by atoms with Crippen LogP contribution < -0.4 is 4.90 Å². The molecule has 10 rings (SSSR count). The van der Waals surface area contributed by atoms with Crippen LogP contribution >= 0.6 is 0 Å². The molecule has 0 fully saturated rings. The first-order chi connectivity index (χ1) is 25.3. The molecule has 0 saturated heterocycles. The fourth-order valence-electron chi connectivity index (χ4n) is 7.51. The molecule has 6 aromatic carbocycles. The fraction of sp³-hybridized carbons (Fsp3) is 0.0444. The molecule has 2 aliphatic rings. The van der Waals surface area contributed by atoms with Gasteiger partial charge in [-0.25, -0.2) is 9.97 Å². The van der Waals surface area contributed by atoms with Crippen LogP contribution in [0, 0.1) is 0 Å². The largest absolute Gasteiger partial charge is 0.317 e. The topological polar surface area (TPSA) is 51.2 Å². The number of fused-ring (bicyclic) bond motifs is 3. The van der Waals surface area contributed by atoms with Gasteiger partial charge in [-0.05, 0) is 78.9 Å². The van der Waals surface area contributed by atoms with Crippen molar-refractivity contribution in [1.82, 2.24) is 19.1 Å². The second kappa shape index (κ2) is 12.0. The molecule has 1 aliphatic carbocycles. The van der Waals surface area contributed by atoms with Gasteiger partial charge in [-0.3, -0.25) is 14.1 Å². The number of amidine groups is 1. The molecular formula is C45H32N6. The van der Waals surface area contributed by atoms with Crippen molar-refractivity contribution in [3.05, 3.63) is 188 Å². The van der Waals surface area contributed by atoms with Crippen LogP contribution in [0.1, 0.15) is 5.56 Å². The predicted molar refractivity (Wildman–Crippen MR) is 208 cm³/mol. The maximum Gasteiger partial charge on any atom is 0.145 e. The molecule has 51 heavy (non-hydrogen) atoms. The monoisotopic (exact) mass is 656 g/mol. The summed E-state index contributed by atoms with van der Waals surface area (Å²) in [6.07, 6.45) is 8.68. The second-order valence-corrected chi connectivity index (χ2v) is 12.9. The molecule has 1 aliphatic heterocycles. The highest BCUT2D eigenvalue weighted by Gasteiger charge is 2.36. The van der Waals surface area contributed by atoms with E-state index < -0.39 is 0 Å². The summed E-state index contributed by atoms with van der Waals surface area (Å²) in [6.45, 7) is 0.